The van der Waals surface area contributed by atoms with Gasteiger partial charge in [0.2, 0.25) is 5.91 Å². The maximum atomic E-state index is 12.2. The van der Waals surface area contributed by atoms with Gasteiger partial charge in [0.15, 0.2) is 0 Å². The summed E-state index contributed by atoms with van der Waals surface area (Å²) in [7, 11) is 0. The third-order valence-corrected chi connectivity index (χ3v) is 4.38. The first-order valence-corrected chi connectivity index (χ1v) is 8.17. The van der Waals surface area contributed by atoms with E-state index in [9.17, 15) is 9.59 Å². The predicted octanol–water partition coefficient (Wildman–Crippen LogP) is 2.47. The molecule has 21 heavy (non-hydrogen) atoms. The van der Waals surface area contributed by atoms with Crippen LogP contribution in [0.5, 0.6) is 0 Å². The zero-order valence-corrected chi connectivity index (χ0v) is 13.9. The lowest BCUT2D eigenvalue weighted by atomic mass is 10.0. The smallest absolute Gasteiger partial charge is 0.410 e. The van der Waals surface area contributed by atoms with E-state index in [0.29, 0.717) is 25.4 Å². The van der Waals surface area contributed by atoms with E-state index in [1.165, 1.54) is 0 Å². The van der Waals surface area contributed by atoms with E-state index < -0.39 is 5.60 Å². The highest BCUT2D eigenvalue weighted by atomic mass is 35.5. The lowest BCUT2D eigenvalue weighted by molar-refractivity contribution is -0.130. The lowest BCUT2D eigenvalue weighted by Gasteiger charge is -2.38. The molecule has 0 aromatic heterocycles. The molecule has 5 nitrogen and oxygen atoms in total. The molecule has 2 aliphatic heterocycles. The van der Waals surface area contributed by atoms with Crippen LogP contribution in [0.1, 0.15) is 40.0 Å². The zero-order valence-electron chi connectivity index (χ0n) is 13.1. The van der Waals surface area contributed by atoms with Crippen LogP contribution in [-0.2, 0) is 9.53 Å². The molecule has 2 aliphatic rings. The number of carbonyl (C=O) groups excluding carboxylic acids is 2. The van der Waals surface area contributed by atoms with Crippen LogP contribution in [0.3, 0.4) is 0 Å². The van der Waals surface area contributed by atoms with Crippen molar-refractivity contribution in [2.24, 2.45) is 5.92 Å². The van der Waals surface area contributed by atoms with Crippen LogP contribution in [0.15, 0.2) is 0 Å². The largest absolute Gasteiger partial charge is 0.444 e. The Labute approximate surface area is 131 Å². The standard InChI is InChI=1S/C15H25ClN2O3/c1-15(2,3)21-14(20)17-6-4-5-12(10-17)18-9-11(8-16)7-13(18)19/h11-12H,4-10H2,1-3H3/t11?,12-/m1/s1. The van der Waals surface area contributed by atoms with Crippen molar-refractivity contribution >= 4 is 23.6 Å². The Kier molecular flexibility index (Phi) is 5.02. The molecule has 6 heteroatoms. The Morgan fingerprint density at radius 1 is 1.38 bits per heavy atom. The number of piperidine rings is 1. The van der Waals surface area contributed by atoms with Gasteiger partial charge < -0.3 is 14.5 Å². The molecule has 2 fully saturated rings. The van der Waals surface area contributed by atoms with Crippen molar-refractivity contribution in [2.45, 2.75) is 51.7 Å². The number of rotatable bonds is 2. The fourth-order valence-corrected chi connectivity index (χ4v) is 3.17. The van der Waals surface area contributed by atoms with Gasteiger partial charge in [0.05, 0.1) is 0 Å². The fourth-order valence-electron chi connectivity index (χ4n) is 2.97. The van der Waals surface area contributed by atoms with E-state index in [1.54, 1.807) is 4.90 Å². The van der Waals surface area contributed by atoms with Crippen molar-refractivity contribution in [3.63, 3.8) is 0 Å². The SMILES string of the molecule is CC(C)(C)OC(=O)N1CCC[C@@H](N2CC(CCl)CC2=O)C1. The molecule has 0 saturated carbocycles. The van der Waals surface area contributed by atoms with Gasteiger partial charge >= 0.3 is 6.09 Å². The minimum Gasteiger partial charge on any atom is -0.444 e. The summed E-state index contributed by atoms with van der Waals surface area (Å²) in [6, 6.07) is 0.104. The maximum Gasteiger partial charge on any atom is 0.410 e. The molecule has 0 bridgehead atoms. The number of hydrogen-bond acceptors (Lipinski definition) is 3. The van der Waals surface area contributed by atoms with Gasteiger partial charge in [-0.15, -0.1) is 11.6 Å². The monoisotopic (exact) mass is 316 g/mol. The molecule has 2 atom stereocenters. The van der Waals surface area contributed by atoms with Crippen LogP contribution in [0.4, 0.5) is 4.79 Å². The van der Waals surface area contributed by atoms with Gasteiger partial charge in [0.1, 0.15) is 5.60 Å². The second-order valence-electron chi connectivity index (χ2n) is 6.99. The van der Waals surface area contributed by atoms with Crippen LogP contribution in [0.25, 0.3) is 0 Å². The third kappa shape index (κ3) is 4.25. The van der Waals surface area contributed by atoms with Crippen molar-refractivity contribution in [3.8, 4) is 0 Å². The number of amides is 2. The van der Waals surface area contributed by atoms with Gasteiger partial charge in [-0.25, -0.2) is 4.79 Å². The summed E-state index contributed by atoms with van der Waals surface area (Å²) in [5.41, 5.74) is -0.489. The van der Waals surface area contributed by atoms with E-state index in [0.717, 1.165) is 19.4 Å². The average molecular weight is 317 g/mol. The van der Waals surface area contributed by atoms with E-state index >= 15 is 0 Å². The van der Waals surface area contributed by atoms with Crippen LogP contribution >= 0.6 is 11.6 Å². The topological polar surface area (TPSA) is 49.9 Å². The van der Waals surface area contributed by atoms with Gasteiger partial charge in [0.25, 0.3) is 0 Å². The minimum atomic E-state index is -0.489. The van der Waals surface area contributed by atoms with Crippen molar-refractivity contribution in [2.75, 3.05) is 25.5 Å². The van der Waals surface area contributed by atoms with Gasteiger partial charge in [-0.05, 0) is 39.5 Å². The van der Waals surface area contributed by atoms with Gasteiger partial charge in [-0.1, -0.05) is 0 Å². The molecule has 120 valence electrons. The molecule has 2 saturated heterocycles. The van der Waals surface area contributed by atoms with Crippen molar-refractivity contribution in [1.29, 1.82) is 0 Å². The summed E-state index contributed by atoms with van der Waals surface area (Å²) in [6.45, 7) is 7.57. The summed E-state index contributed by atoms with van der Waals surface area (Å²) in [5.74, 6) is 0.929. The second-order valence-corrected chi connectivity index (χ2v) is 7.30. The fraction of sp³-hybridized carbons (Fsp3) is 0.867. The molecule has 0 N–H and O–H groups in total. The number of alkyl halides is 1. The van der Waals surface area contributed by atoms with Crippen LogP contribution in [0.2, 0.25) is 0 Å². The predicted molar refractivity (Wildman–Crippen MR) is 81.4 cm³/mol. The van der Waals surface area contributed by atoms with Crippen LogP contribution in [-0.4, -0.2) is 59.0 Å². The highest BCUT2D eigenvalue weighted by Gasteiger charge is 2.37. The number of carbonyl (C=O) groups is 2. The Balaban J connectivity index is 1.95. The zero-order chi connectivity index (χ0) is 15.6. The van der Waals surface area contributed by atoms with Gasteiger partial charge in [0, 0.05) is 38.0 Å². The summed E-state index contributed by atoms with van der Waals surface area (Å²) < 4.78 is 5.42. The molecular formula is C15H25ClN2O3. The Morgan fingerprint density at radius 2 is 2.10 bits per heavy atom. The van der Waals surface area contributed by atoms with E-state index in [4.69, 9.17) is 16.3 Å². The molecule has 0 aromatic carbocycles. The second kappa shape index (κ2) is 6.42. The lowest BCUT2D eigenvalue weighted by Crippen LogP contribution is -2.51. The maximum absolute atomic E-state index is 12.2. The summed E-state index contributed by atoms with van der Waals surface area (Å²) in [5, 5.41) is 0. The molecule has 1 unspecified atom stereocenters. The molecule has 0 aliphatic carbocycles. The number of halogens is 1. The summed E-state index contributed by atoms with van der Waals surface area (Å²) in [6.07, 6.45) is 2.10. The summed E-state index contributed by atoms with van der Waals surface area (Å²) >= 11 is 5.87. The third-order valence-electron chi connectivity index (χ3n) is 3.95. The van der Waals surface area contributed by atoms with Gasteiger partial charge in [-0.3, -0.25) is 4.79 Å². The Morgan fingerprint density at radius 3 is 2.67 bits per heavy atom. The van der Waals surface area contributed by atoms with Crippen LogP contribution in [0, 0.1) is 5.92 Å². The quantitative estimate of drug-likeness (QED) is 0.735. The molecule has 0 aromatic rings. The number of nitrogens with zero attached hydrogens (tertiary/aromatic N) is 2. The van der Waals surface area contributed by atoms with E-state index in [1.807, 2.05) is 25.7 Å². The number of likely N-dealkylation sites (tertiary alicyclic amines) is 2. The summed E-state index contributed by atoms with van der Waals surface area (Å²) in [4.78, 5) is 27.9. The Bertz CT molecular complexity index is 408. The van der Waals surface area contributed by atoms with Crippen molar-refractivity contribution < 1.29 is 14.3 Å². The van der Waals surface area contributed by atoms with Crippen molar-refractivity contribution in [1.82, 2.24) is 9.80 Å². The van der Waals surface area contributed by atoms with Crippen LogP contribution < -0.4 is 0 Å². The number of hydrogen-bond donors (Lipinski definition) is 0. The highest BCUT2D eigenvalue weighted by molar-refractivity contribution is 6.18. The minimum absolute atomic E-state index is 0.104. The number of ether oxygens (including phenoxy) is 1. The normalized spacial score (nSPS) is 27.1. The average Bonchev–Trinajstić information content (AvgIpc) is 2.78. The molecule has 0 radical (unpaired) electrons. The molecule has 0 spiro atoms. The molecule has 2 rings (SSSR count). The Hall–Kier alpha value is -0.970. The first kappa shape index (κ1) is 16.4. The van der Waals surface area contributed by atoms with Crippen molar-refractivity contribution in [3.05, 3.63) is 0 Å². The van der Waals surface area contributed by atoms with E-state index in [2.05, 4.69) is 0 Å². The molecule has 2 heterocycles. The first-order chi connectivity index (χ1) is 9.80. The molecular weight excluding hydrogens is 292 g/mol. The first-order valence-electron chi connectivity index (χ1n) is 7.63. The van der Waals surface area contributed by atoms with E-state index in [-0.39, 0.29) is 24.0 Å². The molecule has 2 amide bonds. The highest BCUT2D eigenvalue weighted by Crippen LogP contribution is 2.26. The van der Waals surface area contributed by atoms with Gasteiger partial charge in [-0.2, -0.15) is 0 Å².